The van der Waals surface area contributed by atoms with E-state index in [2.05, 4.69) is 16.3 Å². The fourth-order valence-electron chi connectivity index (χ4n) is 3.07. The molecule has 1 aliphatic carbocycles. The van der Waals surface area contributed by atoms with E-state index in [9.17, 15) is 4.39 Å². The molecule has 3 nitrogen and oxygen atoms in total. The number of aryl methyl sites for hydroxylation is 1. The van der Waals surface area contributed by atoms with Crippen LogP contribution in [0.5, 0.6) is 0 Å². The van der Waals surface area contributed by atoms with Crippen LogP contribution in [0.2, 0.25) is 0 Å². The zero-order chi connectivity index (χ0) is 14.6. The van der Waals surface area contributed by atoms with E-state index in [0.717, 1.165) is 35.0 Å². The van der Waals surface area contributed by atoms with Crippen molar-refractivity contribution in [1.29, 1.82) is 0 Å². The molecule has 0 amide bonds. The summed E-state index contributed by atoms with van der Waals surface area (Å²) >= 11 is 1.73. The minimum Gasteiger partial charge on any atom is -0.383 e. The van der Waals surface area contributed by atoms with Gasteiger partial charge in [0, 0.05) is 16.1 Å². The maximum Gasteiger partial charge on any atom is 0.196 e. The number of fused-ring (bicyclic) bond motifs is 3. The van der Waals surface area contributed by atoms with Crippen molar-refractivity contribution in [2.24, 2.45) is 5.92 Å². The second kappa shape index (κ2) is 4.56. The summed E-state index contributed by atoms with van der Waals surface area (Å²) in [4.78, 5) is 7.04. The fraction of sp³-hybridized carbons (Fsp3) is 0.312. The van der Waals surface area contributed by atoms with Crippen LogP contribution in [0.15, 0.2) is 24.3 Å². The standard InChI is InChI=1S/C16H16FN3S/c1-9-2-7-12-13(8-9)21-16-19-14(15(18)20(12)16)10-3-5-11(17)6-4-10/h3-6,9H,2,7-8,18H2,1H3. The van der Waals surface area contributed by atoms with Crippen LogP contribution in [0.25, 0.3) is 16.2 Å². The van der Waals surface area contributed by atoms with Crippen LogP contribution in [0.4, 0.5) is 10.2 Å². The van der Waals surface area contributed by atoms with Crippen molar-refractivity contribution in [1.82, 2.24) is 9.38 Å². The van der Waals surface area contributed by atoms with Crippen LogP contribution in [-0.4, -0.2) is 9.38 Å². The summed E-state index contributed by atoms with van der Waals surface area (Å²) in [7, 11) is 0. The third-order valence-corrected chi connectivity index (χ3v) is 5.32. The van der Waals surface area contributed by atoms with E-state index in [1.807, 2.05) is 0 Å². The molecule has 3 aromatic rings. The zero-order valence-electron chi connectivity index (χ0n) is 11.8. The van der Waals surface area contributed by atoms with Gasteiger partial charge in [0.25, 0.3) is 0 Å². The topological polar surface area (TPSA) is 43.3 Å². The van der Waals surface area contributed by atoms with Crippen LogP contribution in [0.3, 0.4) is 0 Å². The maximum atomic E-state index is 13.1. The number of nitrogen functional groups attached to an aromatic ring is 1. The first-order valence-electron chi connectivity index (χ1n) is 7.18. The molecule has 0 saturated carbocycles. The highest BCUT2D eigenvalue weighted by Gasteiger charge is 2.24. The number of hydrogen-bond donors (Lipinski definition) is 1. The van der Waals surface area contributed by atoms with Gasteiger partial charge in [-0.05, 0) is 49.4 Å². The largest absolute Gasteiger partial charge is 0.383 e. The van der Waals surface area contributed by atoms with Crippen molar-refractivity contribution in [3.8, 4) is 11.3 Å². The Morgan fingerprint density at radius 1 is 1.33 bits per heavy atom. The number of imidazole rings is 1. The molecule has 1 aliphatic rings. The Hall–Kier alpha value is -1.88. The summed E-state index contributed by atoms with van der Waals surface area (Å²) in [6, 6.07) is 6.35. The van der Waals surface area contributed by atoms with Gasteiger partial charge >= 0.3 is 0 Å². The number of rotatable bonds is 1. The number of hydrogen-bond acceptors (Lipinski definition) is 3. The Balaban J connectivity index is 1.88. The number of halogens is 1. The lowest BCUT2D eigenvalue weighted by atomic mass is 9.93. The molecule has 108 valence electrons. The molecular formula is C16H16FN3S. The highest BCUT2D eigenvalue weighted by atomic mass is 32.1. The minimum atomic E-state index is -0.246. The first-order chi connectivity index (χ1) is 10.1. The van der Waals surface area contributed by atoms with Crippen molar-refractivity contribution < 1.29 is 4.39 Å². The van der Waals surface area contributed by atoms with Crippen molar-refractivity contribution in [3.05, 3.63) is 40.7 Å². The molecule has 0 bridgehead atoms. The highest BCUT2D eigenvalue weighted by Crippen LogP contribution is 2.37. The highest BCUT2D eigenvalue weighted by molar-refractivity contribution is 7.17. The lowest BCUT2D eigenvalue weighted by molar-refractivity contribution is 0.499. The first-order valence-corrected chi connectivity index (χ1v) is 7.99. The third-order valence-electron chi connectivity index (χ3n) is 4.21. The second-order valence-corrected chi connectivity index (χ2v) is 6.85. The number of nitrogens with two attached hydrogens (primary N) is 1. The molecule has 21 heavy (non-hydrogen) atoms. The molecule has 5 heteroatoms. The average Bonchev–Trinajstić information content (AvgIpc) is 2.96. The van der Waals surface area contributed by atoms with Crippen LogP contribution in [0.1, 0.15) is 23.9 Å². The normalized spacial score (nSPS) is 18.1. The van der Waals surface area contributed by atoms with Crippen molar-refractivity contribution in [3.63, 3.8) is 0 Å². The lowest BCUT2D eigenvalue weighted by Gasteiger charge is -2.17. The molecule has 0 fully saturated rings. The van der Waals surface area contributed by atoms with E-state index in [1.165, 1.54) is 29.1 Å². The van der Waals surface area contributed by atoms with Crippen molar-refractivity contribution in [2.75, 3.05) is 5.73 Å². The summed E-state index contributed by atoms with van der Waals surface area (Å²) in [5.41, 5.74) is 9.25. The lowest BCUT2D eigenvalue weighted by Crippen LogP contribution is -2.11. The molecule has 4 rings (SSSR count). The van der Waals surface area contributed by atoms with Gasteiger partial charge in [-0.1, -0.05) is 6.92 Å². The number of aromatic nitrogens is 2. The van der Waals surface area contributed by atoms with Gasteiger partial charge in [0.1, 0.15) is 17.3 Å². The molecule has 1 aromatic carbocycles. The van der Waals surface area contributed by atoms with Gasteiger partial charge in [-0.25, -0.2) is 9.37 Å². The van der Waals surface area contributed by atoms with E-state index in [0.29, 0.717) is 5.82 Å². The molecule has 1 atom stereocenters. The molecule has 0 radical (unpaired) electrons. The monoisotopic (exact) mass is 301 g/mol. The summed E-state index contributed by atoms with van der Waals surface area (Å²) in [5, 5.41) is 0. The van der Waals surface area contributed by atoms with Crippen LogP contribution < -0.4 is 5.73 Å². The quantitative estimate of drug-likeness (QED) is 0.740. The Labute approximate surface area is 126 Å². The van der Waals surface area contributed by atoms with Gasteiger partial charge in [0.2, 0.25) is 0 Å². The predicted octanol–water partition coefficient (Wildman–Crippen LogP) is 3.91. The smallest absolute Gasteiger partial charge is 0.196 e. The Morgan fingerprint density at radius 2 is 2.10 bits per heavy atom. The molecule has 2 aromatic heterocycles. The molecular weight excluding hydrogens is 285 g/mol. The van der Waals surface area contributed by atoms with E-state index in [-0.39, 0.29) is 5.82 Å². The van der Waals surface area contributed by atoms with Crippen molar-refractivity contribution in [2.45, 2.75) is 26.2 Å². The molecule has 1 unspecified atom stereocenters. The van der Waals surface area contributed by atoms with Gasteiger partial charge in [0.15, 0.2) is 4.96 Å². The van der Waals surface area contributed by atoms with Gasteiger partial charge < -0.3 is 5.73 Å². The Bertz CT molecular complexity index is 816. The van der Waals surface area contributed by atoms with E-state index in [4.69, 9.17) is 5.73 Å². The van der Waals surface area contributed by atoms with Gasteiger partial charge in [0.05, 0.1) is 0 Å². The average molecular weight is 301 g/mol. The van der Waals surface area contributed by atoms with Crippen LogP contribution in [-0.2, 0) is 12.8 Å². The molecule has 2 N–H and O–H groups in total. The van der Waals surface area contributed by atoms with E-state index in [1.54, 1.807) is 23.5 Å². The van der Waals surface area contributed by atoms with Gasteiger partial charge in [-0.15, -0.1) is 11.3 Å². The summed E-state index contributed by atoms with van der Waals surface area (Å²) in [6.07, 6.45) is 3.37. The molecule has 0 spiro atoms. The SMILES string of the molecule is CC1CCc2c(sc3nc(-c4ccc(F)cc4)c(N)n23)C1. The summed E-state index contributed by atoms with van der Waals surface area (Å²) < 4.78 is 15.1. The molecule has 0 aliphatic heterocycles. The molecule has 0 saturated heterocycles. The third kappa shape index (κ3) is 1.95. The number of benzene rings is 1. The molecule has 2 heterocycles. The van der Waals surface area contributed by atoms with Crippen LogP contribution >= 0.6 is 11.3 Å². The number of nitrogens with zero attached hydrogens (tertiary/aromatic N) is 2. The van der Waals surface area contributed by atoms with E-state index < -0.39 is 0 Å². The summed E-state index contributed by atoms with van der Waals surface area (Å²) in [6.45, 7) is 2.29. The number of anilines is 1. The second-order valence-electron chi connectivity index (χ2n) is 5.79. The Kier molecular flexibility index (Phi) is 2.79. The van der Waals surface area contributed by atoms with Crippen molar-refractivity contribution >= 4 is 22.1 Å². The summed E-state index contributed by atoms with van der Waals surface area (Å²) in [5.74, 6) is 1.16. The minimum absolute atomic E-state index is 0.246. The first kappa shape index (κ1) is 12.8. The fourth-order valence-corrected chi connectivity index (χ4v) is 4.40. The predicted molar refractivity (Wildman–Crippen MR) is 84.1 cm³/mol. The zero-order valence-corrected chi connectivity index (χ0v) is 12.6. The van der Waals surface area contributed by atoms with Crippen LogP contribution in [0, 0.1) is 11.7 Å². The van der Waals surface area contributed by atoms with Gasteiger partial charge in [-0.3, -0.25) is 4.40 Å². The number of thiazole rings is 1. The van der Waals surface area contributed by atoms with E-state index >= 15 is 0 Å². The maximum absolute atomic E-state index is 13.1. The Morgan fingerprint density at radius 3 is 2.86 bits per heavy atom. The van der Waals surface area contributed by atoms with Gasteiger partial charge in [-0.2, -0.15) is 0 Å².